The molecule has 0 spiro atoms. The molecular formula is C17H20N4O5. The van der Waals surface area contributed by atoms with Crippen LogP contribution in [0.15, 0.2) is 24.4 Å². The van der Waals surface area contributed by atoms with E-state index in [2.05, 4.69) is 5.10 Å². The lowest BCUT2D eigenvalue weighted by atomic mass is 9.92. The predicted octanol–water partition coefficient (Wildman–Crippen LogP) is -0.0448. The van der Waals surface area contributed by atoms with Gasteiger partial charge < -0.3 is 25.4 Å². The number of nitrogens with two attached hydrogens (primary N) is 1. The number of hydrogen-bond acceptors (Lipinski definition) is 8. The van der Waals surface area contributed by atoms with E-state index in [9.17, 15) is 20.3 Å². The lowest BCUT2D eigenvalue weighted by Crippen LogP contribution is -2.41. The predicted molar refractivity (Wildman–Crippen MR) is 89.6 cm³/mol. The second-order valence-electron chi connectivity index (χ2n) is 6.53. The van der Waals surface area contributed by atoms with E-state index in [1.807, 2.05) is 6.07 Å². The van der Waals surface area contributed by atoms with E-state index < -0.39 is 29.9 Å². The summed E-state index contributed by atoms with van der Waals surface area (Å²) in [4.78, 5) is 11.6. The molecule has 0 bridgehead atoms. The van der Waals surface area contributed by atoms with E-state index in [4.69, 9.17) is 15.2 Å². The number of carbonyl (C=O) groups is 1. The number of nitriles is 1. The van der Waals surface area contributed by atoms with Crippen LogP contribution in [0.1, 0.15) is 19.5 Å². The third-order valence-electron chi connectivity index (χ3n) is 4.45. The van der Waals surface area contributed by atoms with Gasteiger partial charge in [0, 0.05) is 6.20 Å². The van der Waals surface area contributed by atoms with Gasteiger partial charge in [-0.1, -0.05) is 13.8 Å². The quantitative estimate of drug-likeness (QED) is 0.644. The molecule has 1 aliphatic heterocycles. The molecule has 138 valence electrons. The molecule has 2 aromatic rings. The zero-order valence-electron chi connectivity index (χ0n) is 14.4. The van der Waals surface area contributed by atoms with Crippen LogP contribution in [-0.2, 0) is 19.9 Å². The lowest BCUT2D eigenvalue weighted by Gasteiger charge is -2.24. The smallest absolute Gasteiger partial charge is 0.308 e. The van der Waals surface area contributed by atoms with E-state index in [-0.39, 0.29) is 18.2 Å². The van der Waals surface area contributed by atoms with Gasteiger partial charge in [-0.25, -0.2) is 4.52 Å². The minimum atomic E-state index is -1.87. The molecule has 1 aliphatic rings. The first-order valence-corrected chi connectivity index (χ1v) is 8.16. The minimum absolute atomic E-state index is 0.228. The Morgan fingerprint density at radius 3 is 2.88 bits per heavy atom. The molecule has 9 heteroatoms. The Hall–Kier alpha value is -2.67. The molecule has 3 heterocycles. The molecular weight excluding hydrogens is 340 g/mol. The number of nitrogens with zero attached hydrogens (tertiary/aromatic N) is 3. The van der Waals surface area contributed by atoms with Crippen LogP contribution in [0.2, 0.25) is 0 Å². The van der Waals surface area contributed by atoms with Crippen molar-refractivity contribution in [3.63, 3.8) is 0 Å². The summed E-state index contributed by atoms with van der Waals surface area (Å²) in [5, 5.41) is 34.8. The van der Waals surface area contributed by atoms with Gasteiger partial charge in [-0.3, -0.25) is 4.79 Å². The van der Waals surface area contributed by atoms with Crippen LogP contribution >= 0.6 is 0 Å². The fraction of sp³-hybridized carbons (Fsp3) is 0.471. The van der Waals surface area contributed by atoms with Crippen LogP contribution < -0.4 is 5.73 Å². The van der Waals surface area contributed by atoms with Gasteiger partial charge in [0.2, 0.25) is 5.60 Å². The zero-order valence-corrected chi connectivity index (χ0v) is 14.4. The molecule has 3 rings (SSSR count). The van der Waals surface area contributed by atoms with Crippen molar-refractivity contribution in [2.24, 2.45) is 5.92 Å². The molecule has 4 atom stereocenters. The Labute approximate surface area is 149 Å². The van der Waals surface area contributed by atoms with Gasteiger partial charge >= 0.3 is 5.97 Å². The summed E-state index contributed by atoms with van der Waals surface area (Å²) in [6.45, 7) is 3.06. The monoisotopic (exact) mass is 360 g/mol. The van der Waals surface area contributed by atoms with E-state index >= 15 is 0 Å². The van der Waals surface area contributed by atoms with Gasteiger partial charge in [0.1, 0.15) is 31.0 Å². The van der Waals surface area contributed by atoms with Gasteiger partial charge in [-0.2, -0.15) is 10.4 Å². The number of ether oxygens (including phenoxy) is 2. The molecule has 2 aromatic heterocycles. The third-order valence-corrected chi connectivity index (χ3v) is 4.45. The highest BCUT2D eigenvalue weighted by atomic mass is 16.6. The highest BCUT2D eigenvalue weighted by molar-refractivity contribution is 5.71. The first-order valence-electron chi connectivity index (χ1n) is 8.16. The fourth-order valence-electron chi connectivity index (χ4n) is 2.97. The van der Waals surface area contributed by atoms with Crippen LogP contribution in [0, 0.1) is 17.2 Å². The first-order chi connectivity index (χ1) is 12.3. The molecule has 0 amide bonds. The number of rotatable bonds is 4. The van der Waals surface area contributed by atoms with Crippen LogP contribution in [0.25, 0.3) is 5.52 Å². The molecule has 0 unspecified atom stereocenters. The van der Waals surface area contributed by atoms with Crippen LogP contribution in [-0.4, -0.2) is 50.7 Å². The molecule has 1 fully saturated rings. The molecule has 26 heavy (non-hydrogen) atoms. The van der Waals surface area contributed by atoms with Gasteiger partial charge in [0.05, 0.1) is 22.8 Å². The number of fused-ring (bicyclic) bond motifs is 1. The average molecular weight is 360 g/mol. The topological polar surface area (TPSA) is 143 Å². The zero-order chi connectivity index (χ0) is 19.1. The van der Waals surface area contributed by atoms with E-state index in [0.717, 1.165) is 0 Å². The van der Waals surface area contributed by atoms with Crippen LogP contribution in [0.3, 0.4) is 0 Å². The second-order valence-corrected chi connectivity index (χ2v) is 6.53. The average Bonchev–Trinajstić information content (AvgIpc) is 3.15. The highest BCUT2D eigenvalue weighted by Crippen LogP contribution is 2.40. The minimum Gasteiger partial charge on any atom is -0.463 e. The Bertz CT molecular complexity index is 874. The Morgan fingerprint density at radius 2 is 2.23 bits per heavy atom. The Balaban J connectivity index is 1.95. The Kier molecular flexibility index (Phi) is 4.58. The maximum Gasteiger partial charge on any atom is 0.308 e. The molecule has 9 nitrogen and oxygen atoms in total. The fourth-order valence-corrected chi connectivity index (χ4v) is 2.97. The lowest BCUT2D eigenvalue weighted by molar-refractivity contribution is -0.154. The van der Waals surface area contributed by atoms with Crippen molar-refractivity contribution in [3.05, 3.63) is 30.1 Å². The molecule has 0 saturated carbocycles. The second kappa shape index (κ2) is 6.57. The standard InChI is InChI=1S/C17H20N4O5/c1-9(2)16(24)25-7-12-14(22)15(23)17(8-18,26-12)13-4-3-11-10(19)5-6-20-21(11)13/h3-6,9,12,14-15,22-23H,7,19H2,1-2H3/t12-,14-,15-,17+/m1/s1. The molecule has 0 aromatic carbocycles. The summed E-state index contributed by atoms with van der Waals surface area (Å²) < 4.78 is 12.2. The number of nitrogen functional groups attached to an aromatic ring is 1. The summed E-state index contributed by atoms with van der Waals surface area (Å²) >= 11 is 0. The van der Waals surface area contributed by atoms with E-state index in [1.54, 1.807) is 32.0 Å². The van der Waals surface area contributed by atoms with Crippen molar-refractivity contribution in [3.8, 4) is 6.07 Å². The maximum absolute atomic E-state index is 11.6. The van der Waals surface area contributed by atoms with Crippen molar-refractivity contribution in [1.29, 1.82) is 5.26 Å². The van der Waals surface area contributed by atoms with Gasteiger partial charge in [0.25, 0.3) is 0 Å². The number of carbonyl (C=O) groups excluding carboxylic acids is 1. The van der Waals surface area contributed by atoms with Crippen molar-refractivity contribution < 1.29 is 24.5 Å². The van der Waals surface area contributed by atoms with E-state index in [0.29, 0.717) is 11.2 Å². The number of esters is 1. The normalized spacial score (nSPS) is 28.4. The number of aliphatic hydroxyl groups is 2. The summed E-state index contributed by atoms with van der Waals surface area (Å²) in [5.74, 6) is -0.812. The SMILES string of the molecule is CC(C)C(=O)OC[C@H]1O[C@@](C#N)(c2ccc3c(N)ccnn23)[C@H](O)[C@@H]1O. The van der Waals surface area contributed by atoms with Crippen molar-refractivity contribution >= 4 is 17.2 Å². The van der Waals surface area contributed by atoms with Crippen molar-refractivity contribution in [2.75, 3.05) is 12.3 Å². The van der Waals surface area contributed by atoms with Gasteiger partial charge in [-0.05, 0) is 18.2 Å². The van der Waals surface area contributed by atoms with E-state index in [1.165, 1.54) is 10.7 Å². The van der Waals surface area contributed by atoms with Crippen molar-refractivity contribution in [1.82, 2.24) is 9.61 Å². The number of anilines is 1. The largest absolute Gasteiger partial charge is 0.463 e. The Morgan fingerprint density at radius 1 is 1.50 bits per heavy atom. The van der Waals surface area contributed by atoms with Crippen molar-refractivity contribution in [2.45, 2.75) is 37.8 Å². The number of hydrogen-bond donors (Lipinski definition) is 3. The summed E-state index contributed by atoms with van der Waals surface area (Å²) in [7, 11) is 0. The van der Waals surface area contributed by atoms with Gasteiger partial charge in [0.15, 0.2) is 0 Å². The van der Waals surface area contributed by atoms with Crippen LogP contribution in [0.4, 0.5) is 5.69 Å². The molecule has 4 N–H and O–H groups in total. The molecule has 0 radical (unpaired) electrons. The molecule has 0 aliphatic carbocycles. The van der Waals surface area contributed by atoms with Crippen LogP contribution in [0.5, 0.6) is 0 Å². The van der Waals surface area contributed by atoms with Gasteiger partial charge in [-0.15, -0.1) is 0 Å². The maximum atomic E-state index is 11.6. The summed E-state index contributed by atoms with van der Waals surface area (Å²) in [6.07, 6.45) is -2.58. The molecule has 1 saturated heterocycles. The summed E-state index contributed by atoms with van der Waals surface area (Å²) in [5.41, 5.74) is 5.23. The highest BCUT2D eigenvalue weighted by Gasteiger charge is 2.57. The number of aromatic nitrogens is 2. The third kappa shape index (κ3) is 2.68. The summed E-state index contributed by atoms with van der Waals surface area (Å²) in [6, 6.07) is 6.74. The first kappa shape index (κ1) is 18.1. The number of aliphatic hydroxyl groups excluding tert-OH is 2.